The van der Waals surface area contributed by atoms with E-state index >= 15 is 0 Å². The number of hydrogen-bond donors (Lipinski definition) is 0. The summed E-state index contributed by atoms with van der Waals surface area (Å²) in [7, 11) is 1.57. The van der Waals surface area contributed by atoms with Crippen LogP contribution in [0.5, 0.6) is 5.88 Å². The Labute approximate surface area is 93.7 Å². The van der Waals surface area contributed by atoms with Crippen LogP contribution >= 0.6 is 0 Å². The molecule has 0 saturated carbocycles. The van der Waals surface area contributed by atoms with Gasteiger partial charge in [0, 0.05) is 17.8 Å². The summed E-state index contributed by atoms with van der Waals surface area (Å²) in [5, 5.41) is 0. The second-order valence-electron chi connectivity index (χ2n) is 3.29. The Hall–Kier alpha value is -2.16. The fourth-order valence-electron chi connectivity index (χ4n) is 1.55. The van der Waals surface area contributed by atoms with E-state index in [1.807, 2.05) is 30.3 Å². The van der Waals surface area contributed by atoms with Crippen LogP contribution in [0.25, 0.3) is 11.1 Å². The second kappa shape index (κ2) is 4.57. The van der Waals surface area contributed by atoms with E-state index < -0.39 is 0 Å². The fraction of sp³-hybridized carbons (Fsp3) is 0.0769. The first-order valence-electron chi connectivity index (χ1n) is 4.90. The molecule has 0 aliphatic carbocycles. The molecule has 0 unspecified atom stereocenters. The highest BCUT2D eigenvalue weighted by molar-refractivity contribution is 5.87. The lowest BCUT2D eigenvalue weighted by Crippen LogP contribution is -1.90. The van der Waals surface area contributed by atoms with Crippen LogP contribution in [0.15, 0.2) is 42.6 Å². The molecule has 0 spiro atoms. The molecule has 80 valence electrons. The number of methoxy groups -OCH3 is 1. The fourth-order valence-corrected chi connectivity index (χ4v) is 1.55. The van der Waals surface area contributed by atoms with Gasteiger partial charge < -0.3 is 4.74 Å². The van der Waals surface area contributed by atoms with Crippen molar-refractivity contribution in [2.75, 3.05) is 7.11 Å². The van der Waals surface area contributed by atoms with Gasteiger partial charge in [-0.15, -0.1) is 0 Å². The smallest absolute Gasteiger partial charge is 0.213 e. The van der Waals surface area contributed by atoms with Crippen LogP contribution in [0.3, 0.4) is 0 Å². The minimum absolute atomic E-state index is 0.540. The third-order valence-electron chi connectivity index (χ3n) is 2.34. The van der Waals surface area contributed by atoms with Gasteiger partial charge in [-0.3, -0.25) is 4.79 Å². The largest absolute Gasteiger partial charge is 0.481 e. The third-order valence-corrected chi connectivity index (χ3v) is 2.34. The highest BCUT2D eigenvalue weighted by atomic mass is 16.5. The van der Waals surface area contributed by atoms with Gasteiger partial charge >= 0.3 is 0 Å². The van der Waals surface area contributed by atoms with Crippen molar-refractivity contribution in [2.24, 2.45) is 0 Å². The minimum atomic E-state index is 0.540. The van der Waals surface area contributed by atoms with E-state index in [9.17, 15) is 4.79 Å². The van der Waals surface area contributed by atoms with Gasteiger partial charge in [-0.05, 0) is 17.2 Å². The van der Waals surface area contributed by atoms with Crippen molar-refractivity contribution < 1.29 is 9.53 Å². The second-order valence-corrected chi connectivity index (χ2v) is 3.29. The number of aldehydes is 1. The molecule has 0 bridgehead atoms. The van der Waals surface area contributed by atoms with Gasteiger partial charge in [-0.1, -0.05) is 24.3 Å². The molecule has 3 nitrogen and oxygen atoms in total. The first-order chi connectivity index (χ1) is 7.85. The number of hydrogen-bond acceptors (Lipinski definition) is 3. The summed E-state index contributed by atoms with van der Waals surface area (Å²) in [6.07, 6.45) is 2.51. The molecule has 2 rings (SSSR count). The van der Waals surface area contributed by atoms with Gasteiger partial charge in [0.05, 0.1) is 7.11 Å². The van der Waals surface area contributed by atoms with Crippen LogP contribution in [0.4, 0.5) is 0 Å². The van der Waals surface area contributed by atoms with Crippen LogP contribution in [-0.4, -0.2) is 18.4 Å². The third kappa shape index (κ3) is 1.93. The van der Waals surface area contributed by atoms with Gasteiger partial charge in [-0.2, -0.15) is 0 Å². The number of ether oxygens (including phenoxy) is 1. The standard InChI is InChI=1S/C13H11NO2/c1-16-13-8-10(6-7-14-13)12-5-3-2-4-11(12)9-15/h2-9H,1H3. The molecule has 3 heteroatoms. The summed E-state index contributed by atoms with van der Waals surface area (Å²) in [5.41, 5.74) is 2.48. The molecule has 0 N–H and O–H groups in total. The molecular weight excluding hydrogens is 202 g/mol. The van der Waals surface area contributed by atoms with E-state index in [-0.39, 0.29) is 0 Å². The SMILES string of the molecule is COc1cc(-c2ccccc2C=O)ccn1. The first-order valence-corrected chi connectivity index (χ1v) is 4.90. The van der Waals surface area contributed by atoms with E-state index in [1.165, 1.54) is 0 Å². The van der Waals surface area contributed by atoms with Crippen molar-refractivity contribution >= 4 is 6.29 Å². The average molecular weight is 213 g/mol. The maximum atomic E-state index is 10.9. The molecule has 2 aromatic rings. The van der Waals surface area contributed by atoms with Crippen LogP contribution in [0, 0.1) is 0 Å². The van der Waals surface area contributed by atoms with Crippen molar-refractivity contribution in [3.05, 3.63) is 48.2 Å². The predicted octanol–water partition coefficient (Wildman–Crippen LogP) is 2.57. The van der Waals surface area contributed by atoms with Crippen molar-refractivity contribution in [3.8, 4) is 17.0 Å². The van der Waals surface area contributed by atoms with Crippen LogP contribution in [0.2, 0.25) is 0 Å². The lowest BCUT2D eigenvalue weighted by atomic mass is 10.0. The summed E-state index contributed by atoms with van der Waals surface area (Å²) in [6, 6.07) is 11.1. The summed E-state index contributed by atoms with van der Waals surface area (Å²) in [4.78, 5) is 14.9. The van der Waals surface area contributed by atoms with Crippen LogP contribution in [0.1, 0.15) is 10.4 Å². The van der Waals surface area contributed by atoms with Gasteiger partial charge in [0.2, 0.25) is 5.88 Å². The molecule has 0 radical (unpaired) electrons. The molecule has 0 atom stereocenters. The topological polar surface area (TPSA) is 39.2 Å². The zero-order chi connectivity index (χ0) is 11.4. The lowest BCUT2D eigenvalue weighted by molar-refractivity contribution is 0.112. The predicted molar refractivity (Wildman–Crippen MR) is 61.6 cm³/mol. The Bertz CT molecular complexity index is 509. The number of rotatable bonds is 3. The van der Waals surface area contributed by atoms with Gasteiger partial charge in [0.15, 0.2) is 6.29 Å². The van der Waals surface area contributed by atoms with Gasteiger partial charge in [0.1, 0.15) is 0 Å². The average Bonchev–Trinajstić information content (AvgIpc) is 2.38. The number of aromatic nitrogens is 1. The molecule has 0 fully saturated rings. The van der Waals surface area contributed by atoms with E-state index in [4.69, 9.17) is 4.74 Å². The summed E-state index contributed by atoms with van der Waals surface area (Å²) in [5.74, 6) is 0.540. The summed E-state index contributed by atoms with van der Waals surface area (Å²) < 4.78 is 5.05. The minimum Gasteiger partial charge on any atom is -0.481 e. The molecule has 1 aromatic heterocycles. The van der Waals surface area contributed by atoms with E-state index in [0.717, 1.165) is 17.4 Å². The number of benzene rings is 1. The zero-order valence-corrected chi connectivity index (χ0v) is 8.88. The van der Waals surface area contributed by atoms with Crippen molar-refractivity contribution in [1.29, 1.82) is 0 Å². The Morgan fingerprint density at radius 1 is 1.25 bits per heavy atom. The molecule has 1 heterocycles. The number of carbonyl (C=O) groups is 1. The molecule has 1 aromatic carbocycles. The summed E-state index contributed by atoms with van der Waals surface area (Å²) >= 11 is 0. The Kier molecular flexibility index (Phi) is 2.96. The van der Waals surface area contributed by atoms with E-state index in [0.29, 0.717) is 11.4 Å². The molecule has 0 amide bonds. The molecule has 16 heavy (non-hydrogen) atoms. The van der Waals surface area contributed by atoms with Crippen LogP contribution in [-0.2, 0) is 0 Å². The van der Waals surface area contributed by atoms with Crippen molar-refractivity contribution in [1.82, 2.24) is 4.98 Å². The number of pyridine rings is 1. The number of nitrogens with zero attached hydrogens (tertiary/aromatic N) is 1. The van der Waals surface area contributed by atoms with Gasteiger partial charge in [0.25, 0.3) is 0 Å². The molecule has 0 aliphatic heterocycles. The Balaban J connectivity index is 2.53. The highest BCUT2D eigenvalue weighted by Gasteiger charge is 2.04. The van der Waals surface area contributed by atoms with E-state index in [2.05, 4.69) is 4.98 Å². The normalized spacial score (nSPS) is 9.81. The number of carbonyl (C=O) groups excluding carboxylic acids is 1. The van der Waals surface area contributed by atoms with E-state index in [1.54, 1.807) is 19.4 Å². The van der Waals surface area contributed by atoms with Gasteiger partial charge in [-0.25, -0.2) is 4.98 Å². The maximum Gasteiger partial charge on any atom is 0.213 e. The summed E-state index contributed by atoms with van der Waals surface area (Å²) in [6.45, 7) is 0. The monoisotopic (exact) mass is 213 g/mol. The Morgan fingerprint density at radius 3 is 2.81 bits per heavy atom. The highest BCUT2D eigenvalue weighted by Crippen LogP contribution is 2.24. The van der Waals surface area contributed by atoms with Crippen LogP contribution < -0.4 is 4.74 Å². The molecular formula is C13H11NO2. The maximum absolute atomic E-state index is 10.9. The lowest BCUT2D eigenvalue weighted by Gasteiger charge is -2.05. The molecule has 0 saturated heterocycles. The molecule has 0 aliphatic rings. The Morgan fingerprint density at radius 2 is 2.06 bits per heavy atom. The van der Waals surface area contributed by atoms with Crippen molar-refractivity contribution in [3.63, 3.8) is 0 Å². The quantitative estimate of drug-likeness (QED) is 0.735. The zero-order valence-electron chi connectivity index (χ0n) is 8.88. The first kappa shape index (κ1) is 10.4. The van der Waals surface area contributed by atoms with Crippen molar-refractivity contribution in [2.45, 2.75) is 0 Å².